The van der Waals surface area contributed by atoms with Crippen LogP contribution in [-0.2, 0) is 4.79 Å². The number of aromatic nitrogens is 2. The molecule has 0 unspecified atom stereocenters. The van der Waals surface area contributed by atoms with Gasteiger partial charge in [-0.05, 0) is 53.9 Å². The number of para-hydroxylation sites is 1. The molecule has 1 fully saturated rings. The van der Waals surface area contributed by atoms with Gasteiger partial charge in [0.2, 0.25) is 0 Å². The Hall–Kier alpha value is -2.71. The molecule has 1 heterocycles. The fourth-order valence-electron chi connectivity index (χ4n) is 4.20. The van der Waals surface area contributed by atoms with E-state index in [-0.39, 0.29) is 22.2 Å². The summed E-state index contributed by atoms with van der Waals surface area (Å²) in [6.07, 6.45) is 6.89. The van der Waals surface area contributed by atoms with E-state index in [9.17, 15) is 9.59 Å². The zero-order valence-electron chi connectivity index (χ0n) is 19.0. The van der Waals surface area contributed by atoms with Crippen molar-refractivity contribution in [2.45, 2.75) is 51.9 Å². The number of hydrogen-bond acceptors (Lipinski definition) is 6. The summed E-state index contributed by atoms with van der Waals surface area (Å²) in [4.78, 5) is 29.8. The van der Waals surface area contributed by atoms with Gasteiger partial charge in [0.15, 0.2) is 11.5 Å². The second-order valence-electron chi connectivity index (χ2n) is 8.13. The Balaban J connectivity index is 1.84. The van der Waals surface area contributed by atoms with Crippen molar-refractivity contribution in [3.05, 3.63) is 61.6 Å². The first kappa shape index (κ1) is 24.4. The summed E-state index contributed by atoms with van der Waals surface area (Å²) >= 11 is 9.94. The molecule has 4 rings (SSSR count). The van der Waals surface area contributed by atoms with Crippen LogP contribution in [0.5, 0.6) is 11.5 Å². The number of carbonyl (C=O) groups excluding carboxylic acids is 1. The molecule has 7 nitrogen and oxygen atoms in total. The maximum absolute atomic E-state index is 13.4. The van der Waals surface area contributed by atoms with Gasteiger partial charge in [-0.25, -0.2) is 4.98 Å². The molecule has 0 radical (unpaired) electrons. The topological polar surface area (TPSA) is 82.8 Å². The molecule has 1 saturated carbocycles. The summed E-state index contributed by atoms with van der Waals surface area (Å²) in [5.41, 5.74) is 1.03. The number of fused-ring (bicyclic) bond motifs is 1. The zero-order chi connectivity index (χ0) is 24.2. The molecule has 0 bridgehead atoms. The van der Waals surface area contributed by atoms with Crippen molar-refractivity contribution in [1.29, 1.82) is 0 Å². The van der Waals surface area contributed by atoms with Crippen molar-refractivity contribution in [1.82, 2.24) is 9.66 Å². The molecule has 2 aromatic carbocycles. The van der Waals surface area contributed by atoms with Gasteiger partial charge in [0, 0.05) is 22.9 Å². The Morgan fingerprint density at radius 1 is 1.29 bits per heavy atom. The van der Waals surface area contributed by atoms with E-state index in [0.717, 1.165) is 25.7 Å². The number of carbonyl (C=O) groups is 1. The summed E-state index contributed by atoms with van der Waals surface area (Å²) in [6, 6.07) is 8.98. The molecule has 1 aliphatic rings. The van der Waals surface area contributed by atoms with Crippen LogP contribution in [0.4, 0.5) is 0 Å². The lowest BCUT2D eigenvalue weighted by Crippen LogP contribution is -2.25. The molecule has 9 heteroatoms. The average molecular weight is 547 g/mol. The van der Waals surface area contributed by atoms with Crippen molar-refractivity contribution in [3.63, 3.8) is 0 Å². The number of hydrogen-bond donors (Lipinski definition) is 0. The van der Waals surface area contributed by atoms with E-state index in [4.69, 9.17) is 26.1 Å². The van der Waals surface area contributed by atoms with E-state index in [1.807, 2.05) is 25.1 Å². The molecule has 0 atom stereocenters. The van der Waals surface area contributed by atoms with E-state index in [1.54, 1.807) is 18.3 Å². The summed E-state index contributed by atoms with van der Waals surface area (Å²) in [5.74, 6) is 0.766. The molecule has 0 spiro atoms. The van der Waals surface area contributed by atoms with Crippen LogP contribution in [0, 0.1) is 0 Å². The highest BCUT2D eigenvalue weighted by atomic mass is 79.9. The average Bonchev–Trinajstić information content (AvgIpc) is 2.84. The Labute approximate surface area is 210 Å². The maximum Gasteiger partial charge on any atom is 0.308 e. The zero-order valence-corrected chi connectivity index (χ0v) is 21.4. The SMILES string of the molecule is CCOc1cc(C=Nn2c(C3CCCCC3)nc3ccccc3c2=O)c(Br)c(Cl)c1OC(C)=O. The highest BCUT2D eigenvalue weighted by Gasteiger charge is 2.23. The van der Waals surface area contributed by atoms with Crippen LogP contribution in [0.2, 0.25) is 5.02 Å². The Morgan fingerprint density at radius 2 is 2.03 bits per heavy atom. The first-order chi connectivity index (χ1) is 16.4. The fourth-order valence-corrected chi connectivity index (χ4v) is 4.84. The molecule has 3 aromatic rings. The smallest absolute Gasteiger partial charge is 0.308 e. The molecule has 34 heavy (non-hydrogen) atoms. The van der Waals surface area contributed by atoms with Gasteiger partial charge in [0.25, 0.3) is 5.56 Å². The van der Waals surface area contributed by atoms with Crippen LogP contribution in [0.3, 0.4) is 0 Å². The summed E-state index contributed by atoms with van der Waals surface area (Å²) in [5, 5.41) is 5.25. The fraction of sp³-hybridized carbons (Fsp3) is 0.360. The molecule has 0 N–H and O–H groups in total. The predicted molar refractivity (Wildman–Crippen MR) is 136 cm³/mol. The van der Waals surface area contributed by atoms with Gasteiger partial charge in [-0.1, -0.05) is 43.0 Å². The third-order valence-electron chi connectivity index (χ3n) is 5.76. The number of halogens is 2. The minimum atomic E-state index is -0.512. The molecule has 0 aliphatic heterocycles. The van der Waals surface area contributed by atoms with E-state index in [2.05, 4.69) is 21.0 Å². The summed E-state index contributed by atoms with van der Waals surface area (Å²) in [6.45, 7) is 3.46. The lowest BCUT2D eigenvalue weighted by molar-refractivity contribution is -0.132. The molecule has 178 valence electrons. The third kappa shape index (κ3) is 5.03. The van der Waals surface area contributed by atoms with Crippen LogP contribution < -0.4 is 15.0 Å². The lowest BCUT2D eigenvalue weighted by Gasteiger charge is -2.22. The Morgan fingerprint density at radius 3 is 2.74 bits per heavy atom. The third-order valence-corrected chi connectivity index (χ3v) is 7.21. The first-order valence-corrected chi connectivity index (χ1v) is 12.5. The van der Waals surface area contributed by atoms with E-state index >= 15 is 0 Å². The van der Waals surface area contributed by atoms with Crippen molar-refractivity contribution < 1.29 is 14.3 Å². The first-order valence-electron chi connectivity index (χ1n) is 11.3. The van der Waals surface area contributed by atoms with Gasteiger partial charge in [0.05, 0.1) is 23.7 Å². The quantitative estimate of drug-likeness (QED) is 0.213. The van der Waals surface area contributed by atoms with E-state index < -0.39 is 5.97 Å². The molecule has 1 aromatic heterocycles. The normalized spacial score (nSPS) is 14.6. The van der Waals surface area contributed by atoms with Crippen LogP contribution in [0.1, 0.15) is 63.3 Å². The molecular weight excluding hydrogens is 522 g/mol. The largest absolute Gasteiger partial charge is 0.490 e. The van der Waals surface area contributed by atoms with E-state index in [1.165, 1.54) is 18.0 Å². The van der Waals surface area contributed by atoms with Crippen LogP contribution >= 0.6 is 27.5 Å². The van der Waals surface area contributed by atoms with Gasteiger partial charge in [0.1, 0.15) is 10.8 Å². The van der Waals surface area contributed by atoms with Gasteiger partial charge in [-0.3, -0.25) is 9.59 Å². The minimum Gasteiger partial charge on any atom is -0.490 e. The van der Waals surface area contributed by atoms with Crippen LogP contribution in [0.15, 0.2) is 44.7 Å². The lowest BCUT2D eigenvalue weighted by atomic mass is 9.88. The number of ether oxygens (including phenoxy) is 2. The van der Waals surface area contributed by atoms with Crippen LogP contribution in [-0.4, -0.2) is 28.5 Å². The Bertz CT molecular complexity index is 1320. The number of nitrogens with zero attached hydrogens (tertiary/aromatic N) is 3. The standard InChI is InChI=1S/C25H25BrClN3O4/c1-3-33-20-13-17(21(26)22(27)23(20)34-15(2)31)14-28-30-24(16-9-5-4-6-10-16)29-19-12-8-7-11-18(19)25(30)32/h7-8,11-14,16H,3-6,9-10H2,1-2H3. The summed E-state index contributed by atoms with van der Waals surface area (Å²) < 4.78 is 12.8. The van der Waals surface area contributed by atoms with Gasteiger partial charge in [-0.15, -0.1) is 0 Å². The predicted octanol–water partition coefficient (Wildman–Crippen LogP) is 6.07. The second kappa shape index (κ2) is 10.7. The minimum absolute atomic E-state index is 0.132. The number of esters is 1. The second-order valence-corrected chi connectivity index (χ2v) is 9.30. The van der Waals surface area contributed by atoms with Crippen molar-refractivity contribution in [2.24, 2.45) is 5.10 Å². The van der Waals surface area contributed by atoms with Gasteiger partial charge in [-0.2, -0.15) is 9.78 Å². The highest BCUT2D eigenvalue weighted by molar-refractivity contribution is 9.10. The summed E-state index contributed by atoms with van der Waals surface area (Å²) in [7, 11) is 0. The monoisotopic (exact) mass is 545 g/mol. The van der Waals surface area contributed by atoms with Crippen molar-refractivity contribution in [3.8, 4) is 11.5 Å². The number of rotatable bonds is 6. The number of benzene rings is 2. The van der Waals surface area contributed by atoms with Crippen LogP contribution in [0.25, 0.3) is 10.9 Å². The van der Waals surface area contributed by atoms with Gasteiger partial charge >= 0.3 is 5.97 Å². The highest BCUT2D eigenvalue weighted by Crippen LogP contribution is 2.42. The van der Waals surface area contributed by atoms with E-state index in [0.29, 0.717) is 39.1 Å². The van der Waals surface area contributed by atoms with Crippen molar-refractivity contribution in [2.75, 3.05) is 6.61 Å². The molecule has 0 amide bonds. The molecular formula is C25H25BrClN3O4. The van der Waals surface area contributed by atoms with Gasteiger partial charge < -0.3 is 9.47 Å². The van der Waals surface area contributed by atoms with Crippen molar-refractivity contribution >= 4 is 50.6 Å². The Kier molecular flexibility index (Phi) is 7.68. The molecule has 1 aliphatic carbocycles. The maximum atomic E-state index is 13.4. The molecule has 0 saturated heterocycles.